The highest BCUT2D eigenvalue weighted by Gasteiger charge is 2.22. The molecule has 0 bridgehead atoms. The zero-order chi connectivity index (χ0) is 12.1. The van der Waals surface area contributed by atoms with Crippen molar-refractivity contribution in [2.45, 2.75) is 12.5 Å². The Hall–Kier alpha value is -0.380. The molecule has 0 aliphatic carbocycles. The first kappa shape index (κ1) is 18.6. The largest absolute Gasteiger partial charge is 0.314 e. The minimum absolute atomic E-state index is 0. The van der Waals surface area contributed by atoms with Gasteiger partial charge in [-0.25, -0.2) is 0 Å². The summed E-state index contributed by atoms with van der Waals surface area (Å²) in [7, 11) is 0. The SMILES string of the molecule is Cl.Cl.N#CC[C@@H](c1cncc(Br)c1)N1CCNCC1. The molecule has 2 rings (SSSR count). The second-order valence-electron chi connectivity index (χ2n) is 4.10. The molecular formula is C12H17BrCl2N4. The molecule has 0 radical (unpaired) electrons. The van der Waals surface area contributed by atoms with Gasteiger partial charge in [-0.15, -0.1) is 24.8 Å². The van der Waals surface area contributed by atoms with Crippen LogP contribution in [-0.4, -0.2) is 36.1 Å². The van der Waals surface area contributed by atoms with Crippen LogP contribution in [0.5, 0.6) is 0 Å². The van der Waals surface area contributed by atoms with Crippen molar-refractivity contribution in [3.8, 4) is 6.07 Å². The molecule has 106 valence electrons. The van der Waals surface area contributed by atoms with Gasteiger partial charge in [0.1, 0.15) is 0 Å². The van der Waals surface area contributed by atoms with Gasteiger partial charge in [0.2, 0.25) is 0 Å². The Balaban J connectivity index is 0.00000162. The van der Waals surface area contributed by atoms with Crippen LogP contribution in [0.1, 0.15) is 18.0 Å². The minimum Gasteiger partial charge on any atom is -0.314 e. The number of piperazine rings is 1. The predicted octanol–water partition coefficient (Wildman–Crippen LogP) is 2.55. The maximum absolute atomic E-state index is 8.97. The lowest BCUT2D eigenvalue weighted by molar-refractivity contribution is 0.175. The summed E-state index contributed by atoms with van der Waals surface area (Å²) in [6, 6.07) is 4.49. The number of nitrogens with one attached hydrogen (secondary N) is 1. The van der Waals surface area contributed by atoms with Crippen LogP contribution in [0.25, 0.3) is 0 Å². The Morgan fingerprint density at radius 1 is 1.37 bits per heavy atom. The van der Waals surface area contributed by atoms with Gasteiger partial charge in [-0.05, 0) is 27.6 Å². The molecule has 1 saturated heterocycles. The highest BCUT2D eigenvalue weighted by molar-refractivity contribution is 9.10. The van der Waals surface area contributed by atoms with E-state index in [0.29, 0.717) is 6.42 Å². The molecule has 1 aromatic heterocycles. The molecule has 0 spiro atoms. The average Bonchev–Trinajstić information content (AvgIpc) is 2.37. The van der Waals surface area contributed by atoms with Gasteiger partial charge in [0.25, 0.3) is 0 Å². The highest BCUT2D eigenvalue weighted by Crippen LogP contribution is 2.25. The van der Waals surface area contributed by atoms with Crippen molar-refractivity contribution in [2.24, 2.45) is 0 Å². The number of pyridine rings is 1. The van der Waals surface area contributed by atoms with Gasteiger partial charge >= 0.3 is 0 Å². The van der Waals surface area contributed by atoms with Gasteiger partial charge in [-0.1, -0.05) is 0 Å². The maximum atomic E-state index is 8.97. The van der Waals surface area contributed by atoms with E-state index in [9.17, 15) is 0 Å². The molecule has 0 unspecified atom stereocenters. The lowest BCUT2D eigenvalue weighted by Gasteiger charge is -2.33. The first-order valence-corrected chi connectivity index (χ1v) is 6.52. The van der Waals surface area contributed by atoms with Crippen LogP contribution in [0, 0.1) is 11.3 Å². The number of nitrogens with zero attached hydrogens (tertiary/aromatic N) is 3. The number of nitriles is 1. The van der Waals surface area contributed by atoms with Crippen LogP contribution in [0.2, 0.25) is 0 Å². The highest BCUT2D eigenvalue weighted by atomic mass is 79.9. The second kappa shape index (κ2) is 9.51. The quantitative estimate of drug-likeness (QED) is 0.891. The number of hydrogen-bond donors (Lipinski definition) is 1. The van der Waals surface area contributed by atoms with E-state index >= 15 is 0 Å². The first-order valence-electron chi connectivity index (χ1n) is 5.73. The molecule has 1 aromatic rings. The van der Waals surface area contributed by atoms with Crippen molar-refractivity contribution >= 4 is 40.7 Å². The molecule has 1 fully saturated rings. The topological polar surface area (TPSA) is 52.0 Å². The summed E-state index contributed by atoms with van der Waals surface area (Å²) in [6.07, 6.45) is 4.14. The fourth-order valence-electron chi connectivity index (χ4n) is 2.15. The third-order valence-corrected chi connectivity index (χ3v) is 3.42. The Bertz CT molecular complexity index is 418. The van der Waals surface area contributed by atoms with Crippen molar-refractivity contribution in [1.29, 1.82) is 5.26 Å². The van der Waals surface area contributed by atoms with Crippen LogP contribution in [0.3, 0.4) is 0 Å². The Kier molecular flexibility index (Phi) is 9.32. The minimum atomic E-state index is 0. The average molecular weight is 368 g/mol. The summed E-state index contributed by atoms with van der Waals surface area (Å²) in [4.78, 5) is 6.53. The van der Waals surface area contributed by atoms with E-state index in [-0.39, 0.29) is 30.9 Å². The summed E-state index contributed by atoms with van der Waals surface area (Å²) < 4.78 is 0.966. The van der Waals surface area contributed by atoms with Crippen molar-refractivity contribution in [2.75, 3.05) is 26.2 Å². The molecule has 1 N–H and O–H groups in total. The monoisotopic (exact) mass is 366 g/mol. The Morgan fingerprint density at radius 3 is 2.63 bits per heavy atom. The number of halogens is 3. The summed E-state index contributed by atoms with van der Waals surface area (Å²) in [5.41, 5.74) is 1.11. The zero-order valence-electron chi connectivity index (χ0n) is 10.4. The summed E-state index contributed by atoms with van der Waals surface area (Å²) in [6.45, 7) is 3.95. The number of hydrogen-bond acceptors (Lipinski definition) is 4. The lowest BCUT2D eigenvalue weighted by Crippen LogP contribution is -2.45. The molecular weight excluding hydrogens is 351 g/mol. The van der Waals surface area contributed by atoms with Gasteiger partial charge in [0.15, 0.2) is 0 Å². The molecule has 4 nitrogen and oxygen atoms in total. The third kappa shape index (κ3) is 5.25. The van der Waals surface area contributed by atoms with Gasteiger partial charge in [0, 0.05) is 49.1 Å². The second-order valence-corrected chi connectivity index (χ2v) is 5.02. The van der Waals surface area contributed by atoms with Crippen molar-refractivity contribution in [3.05, 3.63) is 28.5 Å². The molecule has 0 aromatic carbocycles. The van der Waals surface area contributed by atoms with E-state index in [1.807, 2.05) is 6.20 Å². The van der Waals surface area contributed by atoms with Crippen LogP contribution in [0.15, 0.2) is 22.9 Å². The fourth-order valence-corrected chi connectivity index (χ4v) is 2.53. The number of rotatable bonds is 3. The number of aromatic nitrogens is 1. The van der Waals surface area contributed by atoms with Gasteiger partial charge in [0.05, 0.1) is 12.5 Å². The molecule has 1 aliphatic rings. The summed E-state index contributed by atoms with van der Waals surface area (Å²) >= 11 is 3.43. The van der Waals surface area contributed by atoms with Crippen LogP contribution in [0.4, 0.5) is 0 Å². The first-order chi connectivity index (χ1) is 8.31. The zero-order valence-corrected chi connectivity index (χ0v) is 13.6. The molecule has 7 heteroatoms. The maximum Gasteiger partial charge on any atom is 0.0641 e. The van der Waals surface area contributed by atoms with Gasteiger partial charge in [-0.2, -0.15) is 5.26 Å². The van der Waals surface area contributed by atoms with Crippen LogP contribution >= 0.6 is 40.7 Å². The van der Waals surface area contributed by atoms with Crippen molar-refractivity contribution in [1.82, 2.24) is 15.2 Å². The molecule has 19 heavy (non-hydrogen) atoms. The molecule has 2 heterocycles. The van der Waals surface area contributed by atoms with Gasteiger partial charge < -0.3 is 5.32 Å². The van der Waals surface area contributed by atoms with E-state index in [0.717, 1.165) is 36.2 Å². The van der Waals surface area contributed by atoms with Gasteiger partial charge in [-0.3, -0.25) is 9.88 Å². The van der Waals surface area contributed by atoms with Crippen LogP contribution < -0.4 is 5.32 Å². The van der Waals surface area contributed by atoms with Crippen molar-refractivity contribution < 1.29 is 0 Å². The van der Waals surface area contributed by atoms with E-state index in [2.05, 4.69) is 43.3 Å². The van der Waals surface area contributed by atoms with Crippen LogP contribution in [-0.2, 0) is 0 Å². The Labute approximate surface area is 134 Å². The summed E-state index contributed by atoms with van der Waals surface area (Å²) in [5.74, 6) is 0. The normalized spacial score (nSPS) is 16.6. The van der Waals surface area contributed by atoms with E-state index in [4.69, 9.17) is 5.26 Å². The lowest BCUT2D eigenvalue weighted by atomic mass is 10.0. The molecule has 0 saturated carbocycles. The van der Waals surface area contributed by atoms with E-state index in [1.165, 1.54) is 0 Å². The third-order valence-electron chi connectivity index (χ3n) is 2.99. The molecule has 0 amide bonds. The van der Waals surface area contributed by atoms with E-state index < -0.39 is 0 Å². The molecule has 1 atom stereocenters. The smallest absolute Gasteiger partial charge is 0.0641 e. The summed E-state index contributed by atoms with van der Waals surface area (Å²) in [5, 5.41) is 12.3. The van der Waals surface area contributed by atoms with Crippen molar-refractivity contribution in [3.63, 3.8) is 0 Å². The van der Waals surface area contributed by atoms with E-state index in [1.54, 1.807) is 6.20 Å². The molecule has 1 aliphatic heterocycles. The predicted molar refractivity (Wildman–Crippen MR) is 83.8 cm³/mol. The fraction of sp³-hybridized carbons (Fsp3) is 0.500. The standard InChI is InChI=1S/C12H15BrN4.2ClH/c13-11-7-10(8-16-9-11)12(1-2-14)17-5-3-15-4-6-17;;/h7-9,12,15H,1,3-6H2;2*1H/t12-;;/m0../s1. The Morgan fingerprint density at radius 2 is 2.05 bits per heavy atom.